The van der Waals surface area contributed by atoms with E-state index in [1.807, 2.05) is 22.4 Å². The van der Waals surface area contributed by atoms with Gasteiger partial charge in [0.05, 0.1) is 18.4 Å². The Balaban J connectivity index is 1.66. The molecule has 2 aromatic rings. The summed E-state index contributed by atoms with van der Waals surface area (Å²) in [7, 11) is 1.36. The number of anilines is 1. The van der Waals surface area contributed by atoms with Crippen molar-refractivity contribution in [3.8, 4) is 11.3 Å². The van der Waals surface area contributed by atoms with Gasteiger partial charge in [-0.1, -0.05) is 12.1 Å². The minimum absolute atomic E-state index is 0.0864. The molecule has 1 saturated heterocycles. The zero-order chi connectivity index (χ0) is 16.9. The predicted octanol–water partition coefficient (Wildman–Crippen LogP) is 3.61. The lowest BCUT2D eigenvalue weighted by atomic mass is 10.1. The summed E-state index contributed by atoms with van der Waals surface area (Å²) in [5.74, 6) is -0.366. The Kier molecular flexibility index (Phi) is 5.10. The van der Waals surface area contributed by atoms with Crippen molar-refractivity contribution < 1.29 is 14.3 Å². The zero-order valence-corrected chi connectivity index (χ0v) is 14.3. The number of esters is 1. The van der Waals surface area contributed by atoms with Crippen LogP contribution < -0.4 is 5.32 Å². The van der Waals surface area contributed by atoms with Crippen LogP contribution in [0.4, 0.5) is 9.93 Å². The highest BCUT2D eigenvalue weighted by atomic mass is 32.1. The second-order valence-electron chi connectivity index (χ2n) is 5.58. The Morgan fingerprint density at radius 1 is 1.17 bits per heavy atom. The average Bonchev–Trinajstić information content (AvgIpc) is 3.10. The Morgan fingerprint density at radius 3 is 2.54 bits per heavy atom. The van der Waals surface area contributed by atoms with Gasteiger partial charge in [-0.05, 0) is 31.4 Å². The van der Waals surface area contributed by atoms with Crippen LogP contribution >= 0.6 is 11.3 Å². The largest absolute Gasteiger partial charge is 0.465 e. The second-order valence-corrected chi connectivity index (χ2v) is 6.44. The van der Waals surface area contributed by atoms with Crippen LogP contribution in [0.25, 0.3) is 11.3 Å². The quantitative estimate of drug-likeness (QED) is 0.863. The standard InChI is InChI=1S/C17H19N3O3S/c1-23-15(21)13-7-5-12(6-8-13)14-11-24-16(18-14)19-17(22)20-9-3-2-4-10-20/h5-8,11H,2-4,9-10H2,1H3,(H,18,19,22). The number of benzene rings is 1. The number of nitrogens with zero attached hydrogens (tertiary/aromatic N) is 2. The lowest BCUT2D eigenvalue weighted by Gasteiger charge is -2.26. The lowest BCUT2D eigenvalue weighted by molar-refractivity contribution is 0.0600. The first-order chi connectivity index (χ1) is 11.7. The first-order valence-electron chi connectivity index (χ1n) is 7.87. The molecule has 1 aromatic heterocycles. The Morgan fingerprint density at radius 2 is 1.88 bits per heavy atom. The molecule has 3 rings (SSSR count). The smallest absolute Gasteiger partial charge is 0.337 e. The summed E-state index contributed by atoms with van der Waals surface area (Å²) < 4.78 is 4.68. The van der Waals surface area contributed by atoms with Gasteiger partial charge < -0.3 is 9.64 Å². The van der Waals surface area contributed by atoms with Gasteiger partial charge in [-0.25, -0.2) is 14.6 Å². The van der Waals surface area contributed by atoms with Crippen molar-refractivity contribution in [2.24, 2.45) is 0 Å². The van der Waals surface area contributed by atoms with Gasteiger partial charge in [0.25, 0.3) is 0 Å². The molecule has 1 aromatic carbocycles. The number of aromatic nitrogens is 1. The molecule has 0 bridgehead atoms. The SMILES string of the molecule is COC(=O)c1ccc(-c2csc(NC(=O)N3CCCCC3)n2)cc1. The monoisotopic (exact) mass is 345 g/mol. The predicted molar refractivity (Wildman–Crippen MR) is 93.3 cm³/mol. The number of hydrogen-bond acceptors (Lipinski definition) is 5. The van der Waals surface area contributed by atoms with Crippen molar-refractivity contribution in [2.75, 3.05) is 25.5 Å². The fourth-order valence-electron chi connectivity index (χ4n) is 2.63. The number of urea groups is 1. The molecule has 0 atom stereocenters. The van der Waals surface area contributed by atoms with Crippen molar-refractivity contribution in [2.45, 2.75) is 19.3 Å². The van der Waals surface area contributed by atoms with Gasteiger partial charge in [-0.2, -0.15) is 0 Å². The number of piperidine rings is 1. The topological polar surface area (TPSA) is 71.5 Å². The van der Waals surface area contributed by atoms with Crippen LogP contribution in [0.3, 0.4) is 0 Å². The highest BCUT2D eigenvalue weighted by Gasteiger charge is 2.17. The highest BCUT2D eigenvalue weighted by molar-refractivity contribution is 7.14. The molecule has 1 aliphatic rings. The third-order valence-electron chi connectivity index (χ3n) is 3.96. The van der Waals surface area contributed by atoms with Crippen LogP contribution in [-0.4, -0.2) is 42.1 Å². The maximum Gasteiger partial charge on any atom is 0.337 e. The van der Waals surface area contributed by atoms with Crippen molar-refractivity contribution in [3.63, 3.8) is 0 Å². The molecule has 24 heavy (non-hydrogen) atoms. The highest BCUT2D eigenvalue weighted by Crippen LogP contribution is 2.25. The van der Waals surface area contributed by atoms with Gasteiger partial charge in [-0.15, -0.1) is 11.3 Å². The summed E-state index contributed by atoms with van der Waals surface area (Å²) in [6, 6.07) is 6.95. The number of methoxy groups -OCH3 is 1. The van der Waals surface area contributed by atoms with Crippen molar-refractivity contribution in [1.29, 1.82) is 0 Å². The Bertz CT molecular complexity index is 721. The molecule has 1 N–H and O–H groups in total. The lowest BCUT2D eigenvalue weighted by Crippen LogP contribution is -2.38. The summed E-state index contributed by atoms with van der Waals surface area (Å²) in [4.78, 5) is 29.9. The van der Waals surface area contributed by atoms with Gasteiger partial charge in [0.1, 0.15) is 0 Å². The number of rotatable bonds is 3. The summed E-state index contributed by atoms with van der Waals surface area (Å²) in [5.41, 5.74) is 2.15. The number of thiazole rings is 1. The maximum absolute atomic E-state index is 12.2. The molecule has 1 fully saturated rings. The minimum Gasteiger partial charge on any atom is -0.465 e. The molecule has 6 nitrogen and oxygen atoms in total. The van der Waals surface area contributed by atoms with E-state index in [1.165, 1.54) is 24.9 Å². The molecule has 0 unspecified atom stereocenters. The number of carbonyl (C=O) groups excluding carboxylic acids is 2. The van der Waals surface area contributed by atoms with Crippen molar-refractivity contribution in [3.05, 3.63) is 35.2 Å². The summed E-state index contributed by atoms with van der Waals surface area (Å²) in [6.07, 6.45) is 3.30. The van der Waals surface area contributed by atoms with Crippen LogP contribution in [0.2, 0.25) is 0 Å². The summed E-state index contributed by atoms with van der Waals surface area (Å²) in [6.45, 7) is 1.61. The van der Waals surface area contributed by atoms with Crippen LogP contribution in [0.1, 0.15) is 29.6 Å². The van der Waals surface area contributed by atoms with Gasteiger partial charge >= 0.3 is 12.0 Å². The van der Waals surface area contributed by atoms with Crippen molar-refractivity contribution >= 4 is 28.5 Å². The number of likely N-dealkylation sites (tertiary alicyclic amines) is 1. The number of ether oxygens (including phenoxy) is 1. The van der Waals surface area contributed by atoms with E-state index in [2.05, 4.69) is 15.0 Å². The molecule has 0 aliphatic carbocycles. The summed E-state index contributed by atoms with van der Waals surface area (Å²) in [5, 5.41) is 5.33. The van der Waals surface area contributed by atoms with Crippen LogP contribution in [0, 0.1) is 0 Å². The fraction of sp³-hybridized carbons (Fsp3) is 0.353. The zero-order valence-electron chi connectivity index (χ0n) is 13.4. The van der Waals surface area contributed by atoms with E-state index in [4.69, 9.17) is 0 Å². The molecular formula is C17H19N3O3S. The second kappa shape index (κ2) is 7.44. The number of carbonyl (C=O) groups is 2. The molecule has 2 heterocycles. The summed E-state index contributed by atoms with van der Waals surface area (Å²) >= 11 is 1.39. The average molecular weight is 345 g/mol. The Labute approximate surface area is 144 Å². The minimum atomic E-state index is -0.366. The van der Waals surface area contributed by atoms with E-state index in [9.17, 15) is 9.59 Å². The van der Waals surface area contributed by atoms with Gasteiger partial charge in [0.15, 0.2) is 5.13 Å². The first kappa shape index (κ1) is 16.4. The van der Waals surface area contributed by atoms with E-state index in [1.54, 1.807) is 12.1 Å². The van der Waals surface area contributed by atoms with Crippen LogP contribution in [0.15, 0.2) is 29.6 Å². The number of nitrogens with one attached hydrogen (secondary N) is 1. The molecule has 0 saturated carbocycles. The number of hydrogen-bond donors (Lipinski definition) is 1. The molecule has 1 aliphatic heterocycles. The number of amides is 2. The van der Waals surface area contributed by atoms with E-state index in [0.717, 1.165) is 37.2 Å². The van der Waals surface area contributed by atoms with Crippen LogP contribution in [-0.2, 0) is 4.74 Å². The van der Waals surface area contributed by atoms with Crippen molar-refractivity contribution in [1.82, 2.24) is 9.88 Å². The van der Waals surface area contributed by atoms with E-state index < -0.39 is 0 Å². The molecule has 2 amide bonds. The van der Waals surface area contributed by atoms with Gasteiger partial charge in [-0.3, -0.25) is 5.32 Å². The maximum atomic E-state index is 12.2. The molecular weight excluding hydrogens is 326 g/mol. The third-order valence-corrected chi connectivity index (χ3v) is 4.72. The normalized spacial score (nSPS) is 14.3. The van der Waals surface area contributed by atoms with E-state index >= 15 is 0 Å². The first-order valence-corrected chi connectivity index (χ1v) is 8.75. The fourth-order valence-corrected chi connectivity index (χ4v) is 3.34. The molecule has 126 valence electrons. The Hall–Kier alpha value is -2.41. The molecule has 7 heteroatoms. The third kappa shape index (κ3) is 3.73. The van der Waals surface area contributed by atoms with Gasteiger partial charge in [0.2, 0.25) is 0 Å². The van der Waals surface area contributed by atoms with Crippen LogP contribution in [0.5, 0.6) is 0 Å². The van der Waals surface area contributed by atoms with E-state index in [-0.39, 0.29) is 12.0 Å². The van der Waals surface area contributed by atoms with Gasteiger partial charge in [0, 0.05) is 24.0 Å². The molecule has 0 radical (unpaired) electrons. The van der Waals surface area contributed by atoms with E-state index in [0.29, 0.717) is 10.7 Å². The molecule has 0 spiro atoms.